The molecule has 4 N–H and O–H groups in total. The van der Waals surface area contributed by atoms with Gasteiger partial charge in [-0.05, 0) is 107 Å². The number of aromatic nitrogens is 4. The van der Waals surface area contributed by atoms with E-state index >= 15 is 0 Å². The van der Waals surface area contributed by atoms with Crippen molar-refractivity contribution in [1.82, 2.24) is 30.6 Å². The van der Waals surface area contributed by atoms with Crippen LogP contribution in [0.1, 0.15) is 128 Å². The number of esters is 1. The first-order chi connectivity index (χ1) is 30.5. The second kappa shape index (κ2) is 22.1. The first-order valence-electron chi connectivity index (χ1n) is 23.5. The van der Waals surface area contributed by atoms with E-state index in [9.17, 15) is 29.4 Å². The second-order valence-corrected chi connectivity index (χ2v) is 20.5. The Bertz CT molecular complexity index is 1950. The summed E-state index contributed by atoms with van der Waals surface area (Å²) in [6.07, 6.45) is 6.34. The van der Waals surface area contributed by atoms with E-state index in [0.717, 1.165) is 72.6 Å². The average Bonchev–Trinajstić information content (AvgIpc) is 3.93. The van der Waals surface area contributed by atoms with Crippen molar-refractivity contribution in [2.24, 2.45) is 35.0 Å². The van der Waals surface area contributed by atoms with E-state index in [1.807, 2.05) is 36.9 Å². The van der Waals surface area contributed by atoms with Gasteiger partial charge in [-0.1, -0.05) is 38.8 Å². The van der Waals surface area contributed by atoms with E-state index in [-0.39, 0.29) is 35.7 Å². The smallest absolute Gasteiger partial charge is 0.407 e. The summed E-state index contributed by atoms with van der Waals surface area (Å²) in [4.78, 5) is 55.8. The van der Waals surface area contributed by atoms with Crippen molar-refractivity contribution in [2.75, 3.05) is 32.9 Å². The number of aryl methyl sites for hydroxylation is 3. The van der Waals surface area contributed by atoms with Crippen LogP contribution in [0.25, 0.3) is 6.08 Å². The number of alkyl carbamates (subject to hydrolysis) is 1. The molecule has 0 radical (unpaired) electrons. The molecule has 2 aliphatic carbocycles. The Hall–Kier alpha value is -3.77. The summed E-state index contributed by atoms with van der Waals surface area (Å²) in [6, 6.07) is 0. The molecule has 1 saturated carbocycles. The highest BCUT2D eigenvalue weighted by atomic mass is 32.1. The molecule has 64 heavy (non-hydrogen) atoms. The molecule has 0 aromatic carbocycles. The van der Waals surface area contributed by atoms with Gasteiger partial charge in [0, 0.05) is 44.3 Å². The maximum Gasteiger partial charge on any atom is 0.407 e. The number of nitrogens with zero attached hydrogens (tertiary/aromatic N) is 4. The van der Waals surface area contributed by atoms with Crippen LogP contribution in [0.15, 0.2) is 11.0 Å². The molecule has 2 aromatic rings. The molecule has 2 unspecified atom stereocenters. The van der Waals surface area contributed by atoms with Crippen LogP contribution in [0.2, 0.25) is 0 Å². The molecule has 6 rings (SSSR count). The Morgan fingerprint density at radius 3 is 2.50 bits per heavy atom. The van der Waals surface area contributed by atoms with E-state index in [0.29, 0.717) is 82.9 Å². The van der Waals surface area contributed by atoms with Gasteiger partial charge in [0.2, 0.25) is 5.91 Å². The number of ether oxygens (including phenoxy) is 4. The van der Waals surface area contributed by atoms with Crippen molar-refractivity contribution in [3.05, 3.63) is 33.0 Å². The number of ketones is 1. The third-order valence-electron chi connectivity index (χ3n) is 14.3. The maximum atomic E-state index is 14.5. The number of amides is 2. The highest BCUT2D eigenvalue weighted by molar-refractivity contribution is 7.09. The van der Waals surface area contributed by atoms with Crippen LogP contribution in [-0.2, 0) is 52.7 Å². The second-order valence-electron chi connectivity index (χ2n) is 19.5. The van der Waals surface area contributed by atoms with Gasteiger partial charge in [-0.2, -0.15) is 0 Å². The van der Waals surface area contributed by atoms with Crippen LogP contribution in [-0.4, -0.2) is 117 Å². The lowest BCUT2D eigenvalue weighted by Crippen LogP contribution is -2.46. The lowest BCUT2D eigenvalue weighted by atomic mass is 9.71. The molecule has 356 valence electrons. The van der Waals surface area contributed by atoms with Gasteiger partial charge in [0.05, 0.1) is 77.7 Å². The molecule has 3 fully saturated rings. The Balaban J connectivity index is 1.01. The van der Waals surface area contributed by atoms with Gasteiger partial charge in [0.1, 0.15) is 11.9 Å². The number of hydrogen-bond donors (Lipinski definition) is 4. The van der Waals surface area contributed by atoms with Crippen LogP contribution >= 0.6 is 11.3 Å². The Morgan fingerprint density at radius 2 is 1.78 bits per heavy atom. The number of fused-ring (bicyclic) bond motifs is 3. The fraction of sp³-hybridized carbons (Fsp3) is 0.766. The lowest BCUT2D eigenvalue weighted by Gasteiger charge is -2.36. The number of nitrogens with one attached hydrogen (secondary N) is 2. The molecule has 0 spiro atoms. The molecule has 2 aromatic heterocycles. The number of hydrogen-bond acceptors (Lipinski definition) is 14. The minimum Gasteiger partial charge on any atom is -0.458 e. The van der Waals surface area contributed by atoms with E-state index < -0.39 is 41.7 Å². The number of unbranched alkanes of at least 4 members (excludes halogenated alkanes) is 1. The number of thiazole rings is 1. The van der Waals surface area contributed by atoms with Crippen molar-refractivity contribution in [1.29, 1.82) is 0 Å². The van der Waals surface area contributed by atoms with Crippen LogP contribution in [0.5, 0.6) is 0 Å². The minimum absolute atomic E-state index is 0.103. The predicted molar refractivity (Wildman–Crippen MR) is 240 cm³/mol. The summed E-state index contributed by atoms with van der Waals surface area (Å²) in [7, 11) is 0. The molecule has 16 nitrogen and oxygen atoms in total. The Labute approximate surface area is 382 Å². The molecule has 0 bridgehead atoms. The molecule has 4 heterocycles. The van der Waals surface area contributed by atoms with Crippen molar-refractivity contribution in [2.45, 2.75) is 162 Å². The third-order valence-corrected chi connectivity index (χ3v) is 15.1. The Morgan fingerprint density at radius 1 is 1.05 bits per heavy atom. The number of carbonyl (C=O) groups is 4. The van der Waals surface area contributed by atoms with Gasteiger partial charge in [-0.15, -0.1) is 16.4 Å². The minimum atomic E-state index is -1.32. The zero-order valence-corrected chi connectivity index (χ0v) is 39.8. The fourth-order valence-corrected chi connectivity index (χ4v) is 10.5. The highest BCUT2D eigenvalue weighted by Crippen LogP contribution is 2.53. The standard InChI is InChI=1S/C47H72N6O10S/c1-28-11-10-17-47(7)41(63-47)24-39(29(2)23-32-27-64-31(4)50-32)62-42(56)25-40(55)46(5,6)44(58)35(43(28)57)12-8-9-20-53-38-16-14-34-33(13-15-37(38)51-52-53)36(34)26-61-45(59)49-19-22-60-21-18-48-30(3)54/h23,27-28,33-36,39-41,43,55,57H,8-22,24-26H2,1-7H3,(H,48,54)(H,49,59)/b29-23+/t28-,33-,34+,35+,36-,39?,40-,41-,43-,47?/m0/s1. The molecular formula is C47H72N6O10S. The largest absolute Gasteiger partial charge is 0.458 e. The Kier molecular flexibility index (Phi) is 17.2. The monoisotopic (exact) mass is 913 g/mol. The molecule has 2 saturated heterocycles. The molecule has 17 heteroatoms. The summed E-state index contributed by atoms with van der Waals surface area (Å²) in [5.41, 5.74) is 2.09. The van der Waals surface area contributed by atoms with Crippen LogP contribution in [0.3, 0.4) is 0 Å². The number of aliphatic hydroxyl groups excluding tert-OH is 2. The van der Waals surface area contributed by atoms with Crippen molar-refractivity contribution >= 4 is 41.2 Å². The van der Waals surface area contributed by atoms with Crippen molar-refractivity contribution in [3.63, 3.8) is 0 Å². The lowest BCUT2D eigenvalue weighted by molar-refractivity contribution is -0.155. The molecule has 10 atom stereocenters. The van der Waals surface area contributed by atoms with Gasteiger partial charge in [0.15, 0.2) is 0 Å². The summed E-state index contributed by atoms with van der Waals surface area (Å²) in [5.74, 6) is -0.581. The summed E-state index contributed by atoms with van der Waals surface area (Å²) < 4.78 is 25.2. The van der Waals surface area contributed by atoms with Gasteiger partial charge in [0.25, 0.3) is 0 Å². The van der Waals surface area contributed by atoms with Crippen LogP contribution < -0.4 is 10.6 Å². The summed E-state index contributed by atoms with van der Waals surface area (Å²) in [6.45, 7) is 15.2. The number of carbonyl (C=O) groups excluding carboxylic acids is 4. The molecular weight excluding hydrogens is 841 g/mol. The van der Waals surface area contributed by atoms with E-state index in [1.165, 1.54) is 6.92 Å². The third kappa shape index (κ3) is 13.2. The summed E-state index contributed by atoms with van der Waals surface area (Å²) in [5, 5.41) is 40.8. The zero-order valence-electron chi connectivity index (χ0n) is 38.9. The van der Waals surface area contributed by atoms with E-state index in [1.54, 1.807) is 25.2 Å². The number of aliphatic hydroxyl groups is 2. The maximum absolute atomic E-state index is 14.5. The van der Waals surface area contributed by atoms with Crippen LogP contribution in [0.4, 0.5) is 4.79 Å². The average molecular weight is 913 g/mol. The normalized spacial score (nSPS) is 31.0. The first-order valence-corrected chi connectivity index (χ1v) is 24.4. The molecule has 4 aliphatic rings. The van der Waals surface area contributed by atoms with Gasteiger partial charge < -0.3 is 39.8 Å². The van der Waals surface area contributed by atoms with E-state index in [2.05, 4.69) is 32.9 Å². The predicted octanol–water partition coefficient (Wildman–Crippen LogP) is 5.54. The fourth-order valence-electron chi connectivity index (χ4n) is 9.89. The van der Waals surface area contributed by atoms with Gasteiger partial charge >= 0.3 is 12.1 Å². The number of rotatable bonds is 15. The quantitative estimate of drug-likeness (QED) is 0.0983. The van der Waals surface area contributed by atoms with E-state index in [4.69, 9.17) is 18.9 Å². The summed E-state index contributed by atoms with van der Waals surface area (Å²) >= 11 is 1.55. The number of epoxide rings is 1. The molecule has 2 amide bonds. The van der Waals surface area contributed by atoms with Crippen molar-refractivity contribution in [3.8, 4) is 0 Å². The highest BCUT2D eigenvalue weighted by Gasteiger charge is 2.53. The van der Waals surface area contributed by atoms with Gasteiger partial charge in [-0.25, -0.2) is 14.5 Å². The number of cyclic esters (lactones) is 1. The number of Topliss-reactive ketones (excluding diaryl/α,β-unsaturated/α-hetero) is 1. The topological polar surface area (TPSA) is 217 Å². The molecule has 2 aliphatic heterocycles. The zero-order chi connectivity index (χ0) is 46.2. The SMILES string of the molecule is CC(=O)NCCOCCNC(=O)OC[C@@H]1[C@@H]2CCc3c(nnn3CCCC[C@H]3C(=O)C(C)(C)[C@@H](O)CC(=O)OC(/C(C)=C/c4csc(C)n4)C[C@@H]4OC4(C)CCC[C@H](C)[C@@H]3O)CC[C@@H]21. The first kappa shape index (κ1) is 49.7. The van der Waals surface area contributed by atoms with Crippen LogP contribution in [0, 0.1) is 41.9 Å². The van der Waals surface area contributed by atoms with Gasteiger partial charge in [-0.3, -0.25) is 14.4 Å². The van der Waals surface area contributed by atoms with Crippen molar-refractivity contribution < 1.29 is 48.3 Å².